The Morgan fingerprint density at radius 3 is 2.90 bits per heavy atom. The van der Waals surface area contributed by atoms with Crippen LogP contribution in [-0.2, 0) is 19.1 Å². The van der Waals surface area contributed by atoms with Crippen molar-refractivity contribution in [1.29, 1.82) is 0 Å². The SMILES string of the molecule is CC(OC(=O)C1CCCO1)C(=O)Nc1ccc(Br)cc1F. The lowest BCUT2D eigenvalue weighted by Gasteiger charge is -2.16. The summed E-state index contributed by atoms with van der Waals surface area (Å²) in [5.74, 6) is -1.73. The summed E-state index contributed by atoms with van der Waals surface area (Å²) in [5, 5.41) is 2.38. The normalized spacial score (nSPS) is 19.1. The summed E-state index contributed by atoms with van der Waals surface area (Å²) in [6.45, 7) is 1.95. The van der Waals surface area contributed by atoms with Gasteiger partial charge in [0.2, 0.25) is 0 Å². The monoisotopic (exact) mass is 359 g/mol. The minimum Gasteiger partial charge on any atom is -0.451 e. The summed E-state index contributed by atoms with van der Waals surface area (Å²) in [6, 6.07) is 4.26. The first-order valence-corrected chi connectivity index (χ1v) is 7.34. The van der Waals surface area contributed by atoms with Gasteiger partial charge in [0.05, 0.1) is 5.69 Å². The summed E-state index contributed by atoms with van der Waals surface area (Å²) >= 11 is 3.13. The van der Waals surface area contributed by atoms with E-state index < -0.39 is 29.9 Å². The number of amides is 1. The summed E-state index contributed by atoms with van der Waals surface area (Å²) in [6.07, 6.45) is -0.242. The Labute approximate surface area is 129 Å². The van der Waals surface area contributed by atoms with Crippen molar-refractivity contribution in [2.75, 3.05) is 11.9 Å². The van der Waals surface area contributed by atoms with Crippen molar-refractivity contribution >= 4 is 33.5 Å². The number of rotatable bonds is 4. The van der Waals surface area contributed by atoms with Crippen LogP contribution >= 0.6 is 15.9 Å². The number of halogens is 2. The van der Waals surface area contributed by atoms with Gasteiger partial charge in [0.25, 0.3) is 5.91 Å². The average Bonchev–Trinajstić information content (AvgIpc) is 2.95. The van der Waals surface area contributed by atoms with E-state index in [1.54, 1.807) is 6.07 Å². The molecule has 1 amide bonds. The smallest absolute Gasteiger partial charge is 0.336 e. The van der Waals surface area contributed by atoms with Crippen LogP contribution in [0, 0.1) is 5.82 Å². The Balaban J connectivity index is 1.91. The van der Waals surface area contributed by atoms with E-state index in [2.05, 4.69) is 21.2 Å². The second-order valence-corrected chi connectivity index (χ2v) is 5.61. The molecule has 1 N–H and O–H groups in total. The topological polar surface area (TPSA) is 64.6 Å². The van der Waals surface area contributed by atoms with E-state index in [0.717, 1.165) is 6.42 Å². The highest BCUT2D eigenvalue weighted by molar-refractivity contribution is 9.10. The van der Waals surface area contributed by atoms with Crippen molar-refractivity contribution in [3.63, 3.8) is 0 Å². The lowest BCUT2D eigenvalue weighted by Crippen LogP contribution is -2.34. The molecule has 0 spiro atoms. The third-order valence-electron chi connectivity index (χ3n) is 3.04. The molecule has 1 aromatic carbocycles. The van der Waals surface area contributed by atoms with Gasteiger partial charge in [-0.05, 0) is 38.0 Å². The van der Waals surface area contributed by atoms with Gasteiger partial charge in [0.15, 0.2) is 12.2 Å². The van der Waals surface area contributed by atoms with Crippen molar-refractivity contribution in [3.05, 3.63) is 28.5 Å². The molecule has 0 aliphatic carbocycles. The van der Waals surface area contributed by atoms with Crippen LogP contribution in [0.2, 0.25) is 0 Å². The number of nitrogens with one attached hydrogen (secondary N) is 1. The summed E-state index contributed by atoms with van der Waals surface area (Å²) in [4.78, 5) is 23.6. The summed E-state index contributed by atoms with van der Waals surface area (Å²) < 4.78 is 24.4. The number of benzene rings is 1. The van der Waals surface area contributed by atoms with Crippen molar-refractivity contribution in [2.45, 2.75) is 32.0 Å². The van der Waals surface area contributed by atoms with Crippen molar-refractivity contribution in [3.8, 4) is 0 Å². The molecule has 0 saturated carbocycles. The number of anilines is 1. The van der Waals surface area contributed by atoms with Crippen LogP contribution in [0.3, 0.4) is 0 Å². The van der Waals surface area contributed by atoms with E-state index in [9.17, 15) is 14.0 Å². The minimum absolute atomic E-state index is 0.0308. The van der Waals surface area contributed by atoms with Gasteiger partial charge in [-0.25, -0.2) is 9.18 Å². The van der Waals surface area contributed by atoms with Gasteiger partial charge in [-0.3, -0.25) is 4.79 Å². The molecule has 2 rings (SSSR count). The molecule has 7 heteroatoms. The molecule has 2 atom stereocenters. The van der Waals surface area contributed by atoms with Crippen LogP contribution in [0.25, 0.3) is 0 Å². The Kier molecular flexibility index (Phi) is 5.30. The molecule has 1 fully saturated rings. The quantitative estimate of drug-likeness (QED) is 0.839. The van der Waals surface area contributed by atoms with Gasteiger partial charge in [0, 0.05) is 11.1 Å². The predicted octanol–water partition coefficient (Wildman–Crippen LogP) is 2.64. The first-order chi connectivity index (χ1) is 9.97. The Morgan fingerprint density at radius 1 is 1.52 bits per heavy atom. The van der Waals surface area contributed by atoms with Gasteiger partial charge in [-0.2, -0.15) is 0 Å². The predicted molar refractivity (Wildman–Crippen MR) is 77.3 cm³/mol. The molecule has 0 bridgehead atoms. The number of carbonyl (C=O) groups is 2. The largest absolute Gasteiger partial charge is 0.451 e. The zero-order valence-electron chi connectivity index (χ0n) is 11.4. The highest BCUT2D eigenvalue weighted by Gasteiger charge is 2.28. The Morgan fingerprint density at radius 2 is 2.29 bits per heavy atom. The highest BCUT2D eigenvalue weighted by Crippen LogP contribution is 2.20. The first kappa shape index (κ1) is 15.9. The van der Waals surface area contributed by atoms with Gasteiger partial charge < -0.3 is 14.8 Å². The summed E-state index contributed by atoms with van der Waals surface area (Å²) in [5.41, 5.74) is 0.0308. The zero-order valence-corrected chi connectivity index (χ0v) is 13.0. The molecule has 0 aromatic heterocycles. The number of hydrogen-bond donors (Lipinski definition) is 1. The van der Waals surface area contributed by atoms with E-state index in [1.807, 2.05) is 0 Å². The van der Waals surface area contributed by atoms with Crippen LogP contribution in [0.4, 0.5) is 10.1 Å². The average molecular weight is 360 g/mol. The molecule has 2 unspecified atom stereocenters. The second kappa shape index (κ2) is 7.00. The maximum absolute atomic E-state index is 13.6. The Hall–Kier alpha value is -1.47. The van der Waals surface area contributed by atoms with Crippen LogP contribution in [0.1, 0.15) is 19.8 Å². The molecule has 1 saturated heterocycles. The fourth-order valence-corrected chi connectivity index (χ4v) is 2.23. The highest BCUT2D eigenvalue weighted by atomic mass is 79.9. The van der Waals surface area contributed by atoms with Gasteiger partial charge in [-0.1, -0.05) is 15.9 Å². The van der Waals surface area contributed by atoms with Gasteiger partial charge in [0.1, 0.15) is 5.82 Å². The van der Waals surface area contributed by atoms with Crippen molar-refractivity contribution in [2.24, 2.45) is 0 Å². The van der Waals surface area contributed by atoms with Crippen molar-refractivity contribution < 1.29 is 23.5 Å². The number of carbonyl (C=O) groups excluding carboxylic acids is 2. The third kappa shape index (κ3) is 4.25. The number of hydrogen-bond acceptors (Lipinski definition) is 4. The van der Waals surface area contributed by atoms with Crippen LogP contribution in [0.5, 0.6) is 0 Å². The van der Waals surface area contributed by atoms with Crippen molar-refractivity contribution in [1.82, 2.24) is 0 Å². The van der Waals surface area contributed by atoms with Crippen LogP contribution in [-0.4, -0.2) is 30.7 Å². The van der Waals surface area contributed by atoms with Gasteiger partial charge in [-0.15, -0.1) is 0 Å². The summed E-state index contributed by atoms with van der Waals surface area (Å²) in [7, 11) is 0. The van der Waals surface area contributed by atoms with Gasteiger partial charge >= 0.3 is 5.97 Å². The van der Waals surface area contributed by atoms with E-state index in [0.29, 0.717) is 17.5 Å². The van der Waals surface area contributed by atoms with E-state index in [4.69, 9.17) is 9.47 Å². The first-order valence-electron chi connectivity index (χ1n) is 6.55. The van der Waals surface area contributed by atoms with Crippen LogP contribution in [0.15, 0.2) is 22.7 Å². The molecular weight excluding hydrogens is 345 g/mol. The molecule has 114 valence electrons. The zero-order chi connectivity index (χ0) is 15.4. The molecule has 1 aliphatic rings. The maximum Gasteiger partial charge on any atom is 0.336 e. The van der Waals surface area contributed by atoms with E-state index >= 15 is 0 Å². The molecule has 5 nitrogen and oxygen atoms in total. The molecule has 1 aromatic rings. The third-order valence-corrected chi connectivity index (χ3v) is 3.54. The number of esters is 1. The van der Waals surface area contributed by atoms with E-state index in [-0.39, 0.29) is 5.69 Å². The molecule has 1 aliphatic heterocycles. The molecule has 0 radical (unpaired) electrons. The standard InChI is InChI=1S/C14H15BrFNO4/c1-8(21-14(19)12-3-2-6-20-12)13(18)17-11-5-4-9(15)7-10(11)16/h4-5,7-8,12H,2-3,6H2,1H3,(H,17,18). The fourth-order valence-electron chi connectivity index (χ4n) is 1.89. The fraction of sp³-hybridized carbons (Fsp3) is 0.429. The maximum atomic E-state index is 13.6. The number of ether oxygens (including phenoxy) is 2. The molecule has 1 heterocycles. The van der Waals surface area contributed by atoms with E-state index in [1.165, 1.54) is 19.1 Å². The second-order valence-electron chi connectivity index (χ2n) is 4.69. The lowest BCUT2D eigenvalue weighted by molar-refractivity contribution is -0.162. The Bertz CT molecular complexity index is 546. The lowest BCUT2D eigenvalue weighted by atomic mass is 10.2. The van der Waals surface area contributed by atoms with Crippen LogP contribution < -0.4 is 5.32 Å². The molecular formula is C14H15BrFNO4. The molecule has 21 heavy (non-hydrogen) atoms. The minimum atomic E-state index is -1.02.